The van der Waals surface area contributed by atoms with Gasteiger partial charge in [-0.15, -0.1) is 0 Å². The fourth-order valence-corrected chi connectivity index (χ4v) is 5.08. The van der Waals surface area contributed by atoms with Gasteiger partial charge in [0.05, 0.1) is 32.9 Å². The van der Waals surface area contributed by atoms with Crippen LogP contribution in [0.3, 0.4) is 0 Å². The van der Waals surface area contributed by atoms with Crippen LogP contribution >= 0.6 is 0 Å². The van der Waals surface area contributed by atoms with E-state index >= 15 is 0 Å². The molecule has 206 valence electrons. The van der Waals surface area contributed by atoms with Gasteiger partial charge in [0, 0.05) is 12.1 Å². The number of carbonyl (C=O) groups excluding carboxylic acids is 2. The van der Waals surface area contributed by atoms with Crippen molar-refractivity contribution < 1.29 is 47.9 Å². The maximum atomic E-state index is 13.6. The highest BCUT2D eigenvalue weighted by Crippen LogP contribution is 2.47. The molecule has 0 spiro atoms. The van der Waals surface area contributed by atoms with Crippen LogP contribution in [0.5, 0.6) is 40.2 Å². The van der Waals surface area contributed by atoms with Crippen molar-refractivity contribution in [3.05, 3.63) is 70.8 Å². The van der Waals surface area contributed by atoms with Gasteiger partial charge in [0.15, 0.2) is 34.5 Å². The number of aliphatic hydroxyl groups excluding tert-OH is 1. The predicted molar refractivity (Wildman–Crippen MR) is 139 cm³/mol. The minimum absolute atomic E-state index is 0.0421. The van der Waals surface area contributed by atoms with Gasteiger partial charge in [0.25, 0.3) is 11.7 Å². The first-order valence-corrected chi connectivity index (χ1v) is 12.3. The van der Waals surface area contributed by atoms with Crippen LogP contribution in [-0.2, 0) is 16.1 Å². The van der Waals surface area contributed by atoms with Crippen LogP contribution in [0.1, 0.15) is 22.7 Å². The van der Waals surface area contributed by atoms with Gasteiger partial charge in [-0.1, -0.05) is 6.07 Å². The minimum atomic E-state index is -0.996. The van der Waals surface area contributed by atoms with E-state index in [0.717, 1.165) is 0 Å². The number of Topliss-reactive ketones (excluding diaryl/α,β-unsaturated/α-hetero) is 1. The first-order chi connectivity index (χ1) is 19.4. The highest BCUT2D eigenvalue weighted by Gasteiger charge is 2.47. The van der Waals surface area contributed by atoms with Crippen molar-refractivity contribution in [1.82, 2.24) is 4.90 Å². The number of ether oxygens (including phenoxy) is 7. The van der Waals surface area contributed by atoms with E-state index in [-0.39, 0.29) is 31.5 Å². The number of hydrogen-bond acceptors (Lipinski definition) is 10. The molecular weight excluding hydrogens is 522 g/mol. The van der Waals surface area contributed by atoms with Crippen molar-refractivity contribution in [2.75, 3.05) is 34.9 Å². The van der Waals surface area contributed by atoms with E-state index < -0.39 is 17.7 Å². The molecule has 3 heterocycles. The smallest absolute Gasteiger partial charge is 0.295 e. The van der Waals surface area contributed by atoms with E-state index in [9.17, 15) is 14.7 Å². The summed E-state index contributed by atoms with van der Waals surface area (Å²) in [5, 5.41) is 11.5. The van der Waals surface area contributed by atoms with Crippen molar-refractivity contribution in [3.8, 4) is 40.2 Å². The fraction of sp³-hybridized carbons (Fsp3) is 0.241. The van der Waals surface area contributed by atoms with Crippen LogP contribution in [0.4, 0.5) is 0 Å². The Bertz CT molecular complexity index is 1540. The van der Waals surface area contributed by atoms with Crippen molar-refractivity contribution >= 4 is 17.4 Å². The first kappa shape index (κ1) is 25.2. The molecule has 1 N–H and O–H groups in total. The lowest BCUT2D eigenvalue weighted by molar-refractivity contribution is -0.140. The normalized spacial score (nSPS) is 18.3. The van der Waals surface area contributed by atoms with Crippen molar-refractivity contribution in [2.24, 2.45) is 0 Å². The molecule has 3 aromatic carbocycles. The molecule has 0 radical (unpaired) electrons. The third kappa shape index (κ3) is 4.06. The standard InChI is InChI=1S/C29H25NO10/c1-34-22-10-17(11-23(35-2)28(22)36-3)25-24(26(31)16-5-7-19-21(9-16)40-14-38-19)27(32)29(33)30(25)12-15-4-6-18-20(8-15)39-13-37-18/h4-11,25,31H,12-14H2,1-3H3. The second-order valence-corrected chi connectivity index (χ2v) is 9.14. The number of ketones is 1. The summed E-state index contributed by atoms with van der Waals surface area (Å²) < 4.78 is 38.2. The largest absolute Gasteiger partial charge is 0.507 e. The number of likely N-dealkylation sites (tertiary alicyclic amines) is 1. The molecule has 1 saturated heterocycles. The molecule has 1 amide bonds. The number of nitrogens with zero attached hydrogens (tertiary/aromatic N) is 1. The Labute approximate surface area is 229 Å². The van der Waals surface area contributed by atoms with Crippen LogP contribution < -0.4 is 33.2 Å². The lowest BCUT2D eigenvalue weighted by atomic mass is 9.94. The molecule has 11 nitrogen and oxygen atoms in total. The molecule has 1 atom stereocenters. The molecule has 0 bridgehead atoms. The summed E-state index contributed by atoms with van der Waals surface area (Å²) in [7, 11) is 4.42. The molecule has 1 unspecified atom stereocenters. The van der Waals surface area contributed by atoms with Gasteiger partial charge in [0.2, 0.25) is 19.3 Å². The summed E-state index contributed by atoms with van der Waals surface area (Å²) in [4.78, 5) is 28.5. The van der Waals surface area contributed by atoms with Gasteiger partial charge in [-0.2, -0.15) is 0 Å². The number of amides is 1. The first-order valence-electron chi connectivity index (χ1n) is 12.3. The molecule has 3 aliphatic heterocycles. The van der Waals surface area contributed by atoms with Crippen molar-refractivity contribution in [1.29, 1.82) is 0 Å². The van der Waals surface area contributed by atoms with Crippen LogP contribution in [0, 0.1) is 0 Å². The summed E-state index contributed by atoms with van der Waals surface area (Å²) in [5.41, 5.74) is 1.37. The number of hydrogen-bond donors (Lipinski definition) is 1. The SMILES string of the molecule is COc1cc(C2C(=C(O)c3ccc4c(c3)OCO4)C(=O)C(=O)N2Cc2ccc3c(c2)OCO3)cc(OC)c1OC. The summed E-state index contributed by atoms with van der Waals surface area (Å²) in [5.74, 6) is 1.09. The molecule has 3 aliphatic rings. The molecule has 11 heteroatoms. The van der Waals surface area contributed by atoms with Crippen LogP contribution in [0.25, 0.3) is 5.76 Å². The molecule has 6 rings (SSSR count). The third-order valence-electron chi connectivity index (χ3n) is 6.98. The number of rotatable bonds is 7. The lowest BCUT2D eigenvalue weighted by Gasteiger charge is -2.26. The minimum Gasteiger partial charge on any atom is -0.507 e. The molecule has 3 aromatic rings. The highest BCUT2D eigenvalue weighted by atomic mass is 16.7. The molecular formula is C29H25NO10. The van der Waals surface area contributed by atoms with Crippen LogP contribution in [-0.4, -0.2) is 56.6 Å². The Morgan fingerprint density at radius 1 is 0.825 bits per heavy atom. The zero-order valence-electron chi connectivity index (χ0n) is 21.9. The second kappa shape index (κ2) is 9.92. The van der Waals surface area contributed by atoms with Crippen molar-refractivity contribution in [3.63, 3.8) is 0 Å². The number of aliphatic hydroxyl groups is 1. The van der Waals surface area contributed by atoms with E-state index in [0.29, 0.717) is 56.9 Å². The number of methoxy groups -OCH3 is 3. The number of benzene rings is 3. The highest BCUT2D eigenvalue weighted by molar-refractivity contribution is 6.46. The Morgan fingerprint density at radius 2 is 1.43 bits per heavy atom. The summed E-state index contributed by atoms with van der Waals surface area (Å²) in [6.07, 6.45) is 0. The average molecular weight is 548 g/mol. The summed E-state index contributed by atoms with van der Waals surface area (Å²) in [6, 6.07) is 12.4. The fourth-order valence-electron chi connectivity index (χ4n) is 5.08. The lowest BCUT2D eigenvalue weighted by Crippen LogP contribution is -2.29. The molecule has 0 aromatic heterocycles. The molecule has 1 fully saturated rings. The van der Waals surface area contributed by atoms with E-state index in [1.807, 2.05) is 0 Å². The summed E-state index contributed by atoms with van der Waals surface area (Å²) >= 11 is 0. The van der Waals surface area contributed by atoms with Crippen LogP contribution in [0.2, 0.25) is 0 Å². The molecule has 40 heavy (non-hydrogen) atoms. The number of carbonyl (C=O) groups is 2. The van der Waals surface area contributed by atoms with Crippen molar-refractivity contribution in [2.45, 2.75) is 12.6 Å². The molecule has 0 saturated carbocycles. The van der Waals surface area contributed by atoms with Gasteiger partial charge in [-0.25, -0.2) is 0 Å². The van der Waals surface area contributed by atoms with Gasteiger partial charge in [-0.05, 0) is 53.6 Å². The van der Waals surface area contributed by atoms with E-state index in [2.05, 4.69) is 0 Å². The topological polar surface area (TPSA) is 122 Å². The zero-order chi connectivity index (χ0) is 28.0. The van der Waals surface area contributed by atoms with Crippen LogP contribution in [0.15, 0.2) is 54.1 Å². The quantitative estimate of drug-likeness (QED) is 0.266. The Balaban J connectivity index is 1.51. The average Bonchev–Trinajstić information content (AvgIpc) is 3.70. The van der Waals surface area contributed by atoms with E-state index in [1.54, 1.807) is 48.5 Å². The van der Waals surface area contributed by atoms with E-state index in [1.165, 1.54) is 26.2 Å². The maximum Gasteiger partial charge on any atom is 0.295 e. The second-order valence-electron chi connectivity index (χ2n) is 9.14. The predicted octanol–water partition coefficient (Wildman–Crippen LogP) is 3.79. The Kier molecular flexibility index (Phi) is 6.25. The maximum absolute atomic E-state index is 13.6. The van der Waals surface area contributed by atoms with Gasteiger partial charge < -0.3 is 43.2 Å². The Morgan fingerprint density at radius 3 is 2.05 bits per heavy atom. The van der Waals surface area contributed by atoms with Gasteiger partial charge in [-0.3, -0.25) is 9.59 Å². The Hall–Kier alpha value is -5.06. The number of fused-ring (bicyclic) bond motifs is 2. The summed E-state index contributed by atoms with van der Waals surface area (Å²) in [6.45, 7) is 0.190. The van der Waals surface area contributed by atoms with E-state index in [4.69, 9.17) is 33.2 Å². The monoisotopic (exact) mass is 547 g/mol. The zero-order valence-corrected chi connectivity index (χ0v) is 21.9. The third-order valence-corrected chi connectivity index (χ3v) is 6.98. The van der Waals surface area contributed by atoms with Gasteiger partial charge >= 0.3 is 0 Å². The molecule has 0 aliphatic carbocycles. The van der Waals surface area contributed by atoms with Gasteiger partial charge in [0.1, 0.15) is 5.76 Å².